The van der Waals surface area contributed by atoms with E-state index < -0.39 is 0 Å². The predicted octanol–water partition coefficient (Wildman–Crippen LogP) is 3.60. The van der Waals surface area contributed by atoms with Crippen LogP contribution in [0.2, 0.25) is 0 Å². The van der Waals surface area contributed by atoms with Crippen LogP contribution in [0.4, 0.5) is 4.39 Å². The first-order chi connectivity index (χ1) is 9.20. The minimum absolute atomic E-state index is 0.180. The van der Waals surface area contributed by atoms with Crippen molar-refractivity contribution in [3.05, 3.63) is 65.5 Å². The summed E-state index contributed by atoms with van der Waals surface area (Å²) in [5.74, 6) is 0.361. The van der Waals surface area contributed by atoms with Gasteiger partial charge in [-0.2, -0.15) is 0 Å². The molecule has 0 aromatic heterocycles. The van der Waals surface area contributed by atoms with Gasteiger partial charge in [0.05, 0.1) is 5.71 Å². The van der Waals surface area contributed by atoms with Gasteiger partial charge in [-0.15, -0.1) is 0 Å². The number of oxime groups is 1. The van der Waals surface area contributed by atoms with E-state index in [-0.39, 0.29) is 12.4 Å². The SMILES string of the molecule is C/C(=N/O)c1ccc(OCc2ccccc2F)cc1. The fraction of sp³-hybridized carbons (Fsp3) is 0.133. The molecule has 0 fully saturated rings. The van der Waals surface area contributed by atoms with Gasteiger partial charge in [-0.3, -0.25) is 0 Å². The van der Waals surface area contributed by atoms with E-state index in [0.29, 0.717) is 17.0 Å². The van der Waals surface area contributed by atoms with E-state index >= 15 is 0 Å². The van der Waals surface area contributed by atoms with Gasteiger partial charge in [-0.1, -0.05) is 23.4 Å². The highest BCUT2D eigenvalue weighted by Gasteiger charge is 2.02. The summed E-state index contributed by atoms with van der Waals surface area (Å²) in [5.41, 5.74) is 1.85. The summed E-state index contributed by atoms with van der Waals surface area (Å²) in [6.45, 7) is 1.88. The molecule has 19 heavy (non-hydrogen) atoms. The molecular weight excluding hydrogens is 245 g/mol. The van der Waals surface area contributed by atoms with Crippen LogP contribution < -0.4 is 4.74 Å². The lowest BCUT2D eigenvalue weighted by Gasteiger charge is -2.07. The maximum absolute atomic E-state index is 13.4. The van der Waals surface area contributed by atoms with Crippen LogP contribution in [0.25, 0.3) is 0 Å². The van der Waals surface area contributed by atoms with Crippen LogP contribution in [-0.4, -0.2) is 10.9 Å². The second-order valence-corrected chi connectivity index (χ2v) is 4.09. The normalized spacial score (nSPS) is 11.4. The third kappa shape index (κ3) is 3.31. The Kier molecular flexibility index (Phi) is 4.13. The van der Waals surface area contributed by atoms with Crippen molar-refractivity contribution < 1.29 is 14.3 Å². The van der Waals surface area contributed by atoms with Crippen LogP contribution in [-0.2, 0) is 6.61 Å². The molecule has 4 heteroatoms. The van der Waals surface area contributed by atoms with Crippen molar-refractivity contribution in [3.8, 4) is 5.75 Å². The standard InChI is InChI=1S/C15H14FNO2/c1-11(17-18)12-6-8-14(9-7-12)19-10-13-4-2-3-5-15(13)16/h2-9,18H,10H2,1H3/b17-11-. The zero-order valence-corrected chi connectivity index (χ0v) is 10.5. The van der Waals surface area contributed by atoms with Crippen LogP contribution >= 0.6 is 0 Å². The Labute approximate surface area is 111 Å². The van der Waals surface area contributed by atoms with Gasteiger partial charge in [0.1, 0.15) is 18.2 Å². The Morgan fingerprint density at radius 2 is 1.84 bits per heavy atom. The fourth-order valence-electron chi connectivity index (χ4n) is 1.63. The Balaban J connectivity index is 2.03. The second-order valence-electron chi connectivity index (χ2n) is 4.09. The Morgan fingerprint density at radius 1 is 1.16 bits per heavy atom. The minimum atomic E-state index is -0.276. The maximum Gasteiger partial charge on any atom is 0.129 e. The van der Waals surface area contributed by atoms with Crippen molar-refractivity contribution in [2.24, 2.45) is 5.16 Å². The van der Waals surface area contributed by atoms with E-state index in [9.17, 15) is 4.39 Å². The van der Waals surface area contributed by atoms with Gasteiger partial charge in [-0.25, -0.2) is 4.39 Å². The van der Waals surface area contributed by atoms with Crippen LogP contribution in [0.15, 0.2) is 53.7 Å². The third-order valence-corrected chi connectivity index (χ3v) is 2.77. The van der Waals surface area contributed by atoms with Gasteiger partial charge >= 0.3 is 0 Å². The van der Waals surface area contributed by atoms with Crippen molar-refractivity contribution in [2.45, 2.75) is 13.5 Å². The molecule has 2 aromatic carbocycles. The van der Waals surface area contributed by atoms with Crippen molar-refractivity contribution in [3.63, 3.8) is 0 Å². The first-order valence-electron chi connectivity index (χ1n) is 5.86. The summed E-state index contributed by atoms with van der Waals surface area (Å²) in [5, 5.41) is 11.8. The maximum atomic E-state index is 13.4. The fourth-order valence-corrected chi connectivity index (χ4v) is 1.63. The molecule has 0 amide bonds. The van der Waals surface area contributed by atoms with Gasteiger partial charge < -0.3 is 9.94 Å². The molecule has 0 unspecified atom stereocenters. The molecule has 0 saturated heterocycles. The third-order valence-electron chi connectivity index (χ3n) is 2.77. The van der Waals surface area contributed by atoms with E-state index in [4.69, 9.17) is 9.94 Å². The lowest BCUT2D eigenvalue weighted by Crippen LogP contribution is -1.99. The molecule has 98 valence electrons. The zero-order chi connectivity index (χ0) is 13.7. The number of halogens is 1. The minimum Gasteiger partial charge on any atom is -0.489 e. The molecule has 0 saturated carbocycles. The van der Waals surface area contributed by atoms with Crippen molar-refractivity contribution in [2.75, 3.05) is 0 Å². The monoisotopic (exact) mass is 259 g/mol. The smallest absolute Gasteiger partial charge is 0.129 e. The van der Waals surface area contributed by atoms with Gasteiger partial charge in [0.15, 0.2) is 0 Å². The molecule has 0 aliphatic heterocycles. The van der Waals surface area contributed by atoms with Crippen LogP contribution in [0.1, 0.15) is 18.1 Å². The number of hydrogen-bond acceptors (Lipinski definition) is 3. The number of rotatable bonds is 4. The number of hydrogen-bond donors (Lipinski definition) is 1. The topological polar surface area (TPSA) is 41.8 Å². The number of ether oxygens (including phenoxy) is 1. The lowest BCUT2D eigenvalue weighted by atomic mass is 10.1. The van der Waals surface area contributed by atoms with Gasteiger partial charge in [0.25, 0.3) is 0 Å². The molecule has 1 N–H and O–H groups in total. The highest BCUT2D eigenvalue weighted by molar-refractivity contribution is 5.98. The van der Waals surface area contributed by atoms with Gasteiger partial charge in [0.2, 0.25) is 0 Å². The average Bonchev–Trinajstić information content (AvgIpc) is 2.46. The largest absolute Gasteiger partial charge is 0.489 e. The van der Waals surface area contributed by atoms with E-state index in [1.54, 1.807) is 49.4 Å². The summed E-state index contributed by atoms with van der Waals surface area (Å²) >= 11 is 0. The molecule has 0 heterocycles. The highest BCUT2D eigenvalue weighted by Crippen LogP contribution is 2.16. The van der Waals surface area contributed by atoms with Crippen molar-refractivity contribution in [1.82, 2.24) is 0 Å². The Morgan fingerprint density at radius 3 is 2.47 bits per heavy atom. The summed E-state index contributed by atoms with van der Waals surface area (Å²) < 4.78 is 18.9. The average molecular weight is 259 g/mol. The first kappa shape index (κ1) is 13.1. The lowest BCUT2D eigenvalue weighted by molar-refractivity contribution is 0.300. The van der Waals surface area contributed by atoms with Crippen molar-refractivity contribution in [1.29, 1.82) is 0 Å². The molecule has 2 rings (SSSR count). The van der Waals surface area contributed by atoms with E-state index in [1.165, 1.54) is 6.07 Å². The molecule has 0 aliphatic carbocycles. The second kappa shape index (κ2) is 6.00. The van der Waals surface area contributed by atoms with E-state index in [2.05, 4.69) is 5.16 Å². The molecule has 3 nitrogen and oxygen atoms in total. The van der Waals surface area contributed by atoms with Crippen LogP contribution in [0.3, 0.4) is 0 Å². The van der Waals surface area contributed by atoms with Crippen molar-refractivity contribution >= 4 is 5.71 Å². The van der Waals surface area contributed by atoms with E-state index in [0.717, 1.165) is 5.56 Å². The Hall–Kier alpha value is -2.36. The molecule has 0 radical (unpaired) electrons. The number of benzene rings is 2. The van der Waals surface area contributed by atoms with Gasteiger partial charge in [-0.05, 0) is 42.8 Å². The molecule has 0 bridgehead atoms. The molecule has 2 aromatic rings. The molecule has 0 aliphatic rings. The summed E-state index contributed by atoms with van der Waals surface area (Å²) in [7, 11) is 0. The molecule has 0 spiro atoms. The highest BCUT2D eigenvalue weighted by atomic mass is 19.1. The molecule has 0 atom stereocenters. The Bertz CT molecular complexity index is 579. The van der Waals surface area contributed by atoms with Gasteiger partial charge in [0, 0.05) is 5.56 Å². The summed E-state index contributed by atoms with van der Waals surface area (Å²) in [6, 6.07) is 13.6. The van der Waals surface area contributed by atoms with Crippen LogP contribution in [0, 0.1) is 5.82 Å². The summed E-state index contributed by atoms with van der Waals surface area (Å²) in [4.78, 5) is 0. The van der Waals surface area contributed by atoms with Crippen LogP contribution in [0.5, 0.6) is 5.75 Å². The quantitative estimate of drug-likeness (QED) is 0.518. The first-order valence-corrected chi connectivity index (χ1v) is 5.86. The summed E-state index contributed by atoms with van der Waals surface area (Å²) in [6.07, 6.45) is 0. The number of nitrogens with zero attached hydrogens (tertiary/aromatic N) is 1. The predicted molar refractivity (Wildman–Crippen MR) is 71.2 cm³/mol. The molecular formula is C15H14FNO2. The van der Waals surface area contributed by atoms with E-state index in [1.807, 2.05) is 0 Å². The zero-order valence-electron chi connectivity index (χ0n) is 10.5.